The second-order valence-corrected chi connectivity index (χ2v) is 7.16. The Morgan fingerprint density at radius 1 is 1.29 bits per heavy atom. The minimum Gasteiger partial charge on any atom is -0.465 e. The van der Waals surface area contributed by atoms with Gasteiger partial charge in [-0.15, -0.1) is 11.3 Å². The molecule has 28 heavy (non-hydrogen) atoms. The van der Waals surface area contributed by atoms with Gasteiger partial charge in [-0.2, -0.15) is 0 Å². The summed E-state index contributed by atoms with van der Waals surface area (Å²) >= 11 is 0.967. The molecule has 1 aromatic carbocycles. The Kier molecular flexibility index (Phi) is 4.76. The molecular weight excluding hydrogens is 391 g/mol. The average molecular weight is 405 g/mol. The van der Waals surface area contributed by atoms with Crippen molar-refractivity contribution in [2.24, 2.45) is 0 Å². The van der Waals surface area contributed by atoms with Crippen LogP contribution in [0.3, 0.4) is 0 Å². The van der Waals surface area contributed by atoms with Crippen molar-refractivity contribution in [2.45, 2.75) is 19.9 Å². The molecule has 4 aromatic rings. The summed E-state index contributed by atoms with van der Waals surface area (Å²) in [4.78, 5) is 20.2. The summed E-state index contributed by atoms with van der Waals surface area (Å²) < 4.78 is 47.9. The van der Waals surface area contributed by atoms with E-state index in [0.29, 0.717) is 16.7 Å². The van der Waals surface area contributed by atoms with E-state index in [4.69, 9.17) is 4.74 Å². The van der Waals surface area contributed by atoms with Crippen molar-refractivity contribution in [3.8, 4) is 0 Å². The molecular formula is C19H14F3N3O2S. The molecule has 0 aliphatic heterocycles. The third kappa shape index (κ3) is 3.22. The Hall–Kier alpha value is -2.94. The second kappa shape index (κ2) is 7.23. The summed E-state index contributed by atoms with van der Waals surface area (Å²) in [6.45, 7) is 2.00. The van der Waals surface area contributed by atoms with Crippen LogP contribution in [-0.4, -0.2) is 27.1 Å². The molecule has 9 heteroatoms. The molecule has 0 atom stereocenters. The number of aromatic nitrogens is 3. The van der Waals surface area contributed by atoms with Crippen molar-refractivity contribution >= 4 is 38.6 Å². The lowest BCUT2D eigenvalue weighted by atomic mass is 10.2. The first-order valence-electron chi connectivity index (χ1n) is 8.49. The number of esters is 1. The maximum absolute atomic E-state index is 14.0. The molecule has 0 radical (unpaired) electrons. The van der Waals surface area contributed by atoms with Crippen LogP contribution in [0, 0.1) is 17.5 Å². The molecule has 0 saturated heterocycles. The van der Waals surface area contributed by atoms with Gasteiger partial charge in [0.15, 0.2) is 11.6 Å². The summed E-state index contributed by atoms with van der Waals surface area (Å²) in [6, 6.07) is 4.12. The van der Waals surface area contributed by atoms with E-state index in [2.05, 4.69) is 9.97 Å². The van der Waals surface area contributed by atoms with E-state index in [1.807, 2.05) is 6.07 Å². The number of hydrogen-bond donors (Lipinski definition) is 0. The third-order valence-corrected chi connectivity index (χ3v) is 5.29. The van der Waals surface area contributed by atoms with Gasteiger partial charge in [-0.25, -0.2) is 23.1 Å². The van der Waals surface area contributed by atoms with Gasteiger partial charge in [-0.05, 0) is 24.6 Å². The smallest absolute Gasteiger partial charge is 0.325 e. The van der Waals surface area contributed by atoms with Crippen LogP contribution in [0.5, 0.6) is 0 Å². The van der Waals surface area contributed by atoms with Gasteiger partial charge >= 0.3 is 5.97 Å². The first-order chi connectivity index (χ1) is 13.5. The highest BCUT2D eigenvalue weighted by Gasteiger charge is 2.19. The van der Waals surface area contributed by atoms with Crippen LogP contribution >= 0.6 is 11.3 Å². The van der Waals surface area contributed by atoms with Gasteiger partial charge in [0.25, 0.3) is 0 Å². The van der Waals surface area contributed by atoms with Gasteiger partial charge in [-0.1, -0.05) is 0 Å². The van der Waals surface area contributed by atoms with Gasteiger partial charge in [0.2, 0.25) is 0 Å². The molecule has 0 spiro atoms. The standard InChI is InChI=1S/C19H14F3N3O2S/c1-2-27-15(26)9-25-8-10(11-4-3-5-23-19(11)25)6-14-24-17-16(22)12(20)7-13(21)18(17)28-14/h3-5,7-8H,2,6,9H2,1H3. The second-order valence-electron chi connectivity index (χ2n) is 6.08. The summed E-state index contributed by atoms with van der Waals surface area (Å²) in [5.74, 6) is -3.66. The van der Waals surface area contributed by atoms with E-state index < -0.39 is 23.4 Å². The minimum atomic E-state index is -1.27. The van der Waals surface area contributed by atoms with Crippen molar-refractivity contribution in [2.75, 3.05) is 6.61 Å². The quantitative estimate of drug-likeness (QED) is 0.369. The highest BCUT2D eigenvalue weighted by Crippen LogP contribution is 2.31. The van der Waals surface area contributed by atoms with E-state index in [1.165, 1.54) is 0 Å². The van der Waals surface area contributed by atoms with Crippen LogP contribution in [0.25, 0.3) is 21.3 Å². The highest BCUT2D eigenvalue weighted by molar-refractivity contribution is 7.18. The number of ether oxygens (including phenoxy) is 1. The first-order valence-corrected chi connectivity index (χ1v) is 9.30. The Morgan fingerprint density at radius 3 is 2.89 bits per heavy atom. The zero-order valence-electron chi connectivity index (χ0n) is 14.7. The fourth-order valence-corrected chi connectivity index (χ4v) is 4.06. The van der Waals surface area contributed by atoms with Gasteiger partial charge in [0, 0.05) is 30.3 Å². The fourth-order valence-electron chi connectivity index (χ4n) is 3.07. The SMILES string of the molecule is CCOC(=O)Cn1cc(Cc2nc3c(F)c(F)cc(F)c3s2)c2cccnc21. The highest BCUT2D eigenvalue weighted by atomic mass is 32.1. The molecule has 0 unspecified atom stereocenters. The van der Waals surface area contributed by atoms with Crippen LogP contribution < -0.4 is 0 Å². The maximum atomic E-state index is 14.0. The van der Waals surface area contributed by atoms with E-state index in [0.717, 1.165) is 22.3 Å². The van der Waals surface area contributed by atoms with Crippen molar-refractivity contribution in [1.82, 2.24) is 14.5 Å². The molecule has 0 saturated carbocycles. The Labute approximate surface area is 161 Å². The summed E-state index contributed by atoms with van der Waals surface area (Å²) in [7, 11) is 0. The maximum Gasteiger partial charge on any atom is 0.325 e. The van der Waals surface area contributed by atoms with Gasteiger partial charge in [-0.3, -0.25) is 4.79 Å². The number of carbonyl (C=O) groups is 1. The zero-order chi connectivity index (χ0) is 19.8. The number of rotatable bonds is 5. The number of halogens is 3. The van der Waals surface area contributed by atoms with Crippen molar-refractivity contribution in [1.29, 1.82) is 0 Å². The predicted octanol–water partition coefficient (Wildman–Crippen LogP) is 4.22. The van der Waals surface area contributed by atoms with Crippen LogP contribution in [0.1, 0.15) is 17.5 Å². The van der Waals surface area contributed by atoms with E-state index in [-0.39, 0.29) is 29.8 Å². The lowest BCUT2D eigenvalue weighted by Gasteiger charge is -2.03. The first kappa shape index (κ1) is 18.4. The lowest BCUT2D eigenvalue weighted by molar-refractivity contribution is -0.143. The molecule has 144 valence electrons. The monoisotopic (exact) mass is 405 g/mol. The normalized spacial score (nSPS) is 11.4. The van der Waals surface area contributed by atoms with Crippen molar-refractivity contribution in [3.63, 3.8) is 0 Å². The molecule has 0 amide bonds. The van der Waals surface area contributed by atoms with Gasteiger partial charge in [0.05, 0.1) is 16.3 Å². The average Bonchev–Trinajstić information content (AvgIpc) is 3.23. The van der Waals surface area contributed by atoms with Crippen LogP contribution in [0.15, 0.2) is 30.6 Å². The van der Waals surface area contributed by atoms with Crippen molar-refractivity contribution < 1.29 is 22.7 Å². The van der Waals surface area contributed by atoms with Crippen LogP contribution in [0.2, 0.25) is 0 Å². The number of hydrogen-bond acceptors (Lipinski definition) is 5. The molecule has 0 aliphatic rings. The Balaban J connectivity index is 1.74. The van der Waals surface area contributed by atoms with E-state index >= 15 is 0 Å². The minimum absolute atomic E-state index is 0.00430. The fraction of sp³-hybridized carbons (Fsp3) is 0.211. The number of benzene rings is 1. The Morgan fingerprint density at radius 2 is 2.11 bits per heavy atom. The number of pyridine rings is 1. The van der Waals surface area contributed by atoms with Crippen LogP contribution in [-0.2, 0) is 22.5 Å². The predicted molar refractivity (Wildman–Crippen MR) is 98.7 cm³/mol. The van der Waals surface area contributed by atoms with Gasteiger partial charge < -0.3 is 9.30 Å². The number of nitrogens with zero attached hydrogens (tertiary/aromatic N) is 3. The molecule has 3 heterocycles. The van der Waals surface area contributed by atoms with E-state index in [9.17, 15) is 18.0 Å². The summed E-state index contributed by atoms with van der Waals surface area (Å²) in [5, 5.41) is 1.22. The zero-order valence-corrected chi connectivity index (χ0v) is 15.5. The summed E-state index contributed by atoms with van der Waals surface area (Å²) in [5.41, 5.74) is 1.06. The molecule has 0 aliphatic carbocycles. The molecule has 5 nitrogen and oxygen atoms in total. The molecule has 3 aromatic heterocycles. The lowest BCUT2D eigenvalue weighted by Crippen LogP contribution is -2.12. The Bertz CT molecular complexity index is 1200. The molecule has 0 fully saturated rings. The topological polar surface area (TPSA) is 57.0 Å². The largest absolute Gasteiger partial charge is 0.465 e. The summed E-state index contributed by atoms with van der Waals surface area (Å²) in [6.07, 6.45) is 3.62. The molecule has 4 rings (SSSR count). The number of carbonyl (C=O) groups excluding carboxylic acids is 1. The number of fused-ring (bicyclic) bond motifs is 2. The molecule has 0 bridgehead atoms. The molecule has 0 N–H and O–H groups in total. The van der Waals surface area contributed by atoms with Crippen molar-refractivity contribution in [3.05, 3.63) is 58.6 Å². The van der Waals surface area contributed by atoms with Gasteiger partial charge in [0.1, 0.15) is 23.5 Å². The third-order valence-electron chi connectivity index (χ3n) is 4.22. The van der Waals surface area contributed by atoms with Crippen LogP contribution in [0.4, 0.5) is 13.2 Å². The van der Waals surface area contributed by atoms with E-state index in [1.54, 1.807) is 30.0 Å². The number of thiazole rings is 1.